The molecular formula is C15H20F3N3O2S. The van der Waals surface area contributed by atoms with Crippen molar-refractivity contribution in [2.45, 2.75) is 43.2 Å². The molecule has 0 aromatic carbocycles. The molecule has 0 atom stereocenters. The highest BCUT2D eigenvalue weighted by Gasteiger charge is 2.41. The fourth-order valence-corrected chi connectivity index (χ4v) is 4.85. The van der Waals surface area contributed by atoms with E-state index in [9.17, 15) is 21.6 Å². The van der Waals surface area contributed by atoms with Gasteiger partial charge in [0.2, 0.25) is 10.0 Å². The van der Waals surface area contributed by atoms with Crippen LogP contribution in [0.1, 0.15) is 31.4 Å². The number of pyridine rings is 1. The zero-order chi connectivity index (χ0) is 17.5. The van der Waals surface area contributed by atoms with Crippen LogP contribution in [0, 0.1) is 0 Å². The highest BCUT2D eigenvalue weighted by molar-refractivity contribution is 7.90. The van der Waals surface area contributed by atoms with E-state index in [1.807, 2.05) is 0 Å². The third kappa shape index (κ3) is 3.51. The van der Waals surface area contributed by atoms with Crippen LogP contribution in [0.25, 0.3) is 0 Å². The van der Waals surface area contributed by atoms with Gasteiger partial charge >= 0.3 is 6.18 Å². The summed E-state index contributed by atoms with van der Waals surface area (Å²) in [6.07, 6.45) is -1.85. The van der Waals surface area contributed by atoms with E-state index in [0.29, 0.717) is 25.9 Å². The SMILES string of the molecule is CN(C1CCN(c2cccc(C(F)(F)F)n2)CC1)S(=O)(=O)C1CC1. The molecule has 0 unspecified atom stereocenters. The number of aromatic nitrogens is 1. The second-order valence-corrected chi connectivity index (χ2v) is 8.63. The predicted molar refractivity (Wildman–Crippen MR) is 84.2 cm³/mol. The first-order valence-corrected chi connectivity index (χ1v) is 9.46. The summed E-state index contributed by atoms with van der Waals surface area (Å²) in [7, 11) is -1.62. The predicted octanol–water partition coefficient (Wildman–Crippen LogP) is 2.49. The quantitative estimate of drug-likeness (QED) is 0.825. The Kier molecular flexibility index (Phi) is 4.50. The van der Waals surface area contributed by atoms with Crippen LogP contribution in [0.2, 0.25) is 0 Å². The van der Waals surface area contributed by atoms with Gasteiger partial charge in [-0.3, -0.25) is 0 Å². The van der Waals surface area contributed by atoms with Gasteiger partial charge in [-0.25, -0.2) is 17.7 Å². The van der Waals surface area contributed by atoms with Crippen LogP contribution >= 0.6 is 0 Å². The molecule has 2 heterocycles. The van der Waals surface area contributed by atoms with E-state index in [1.54, 1.807) is 18.0 Å². The van der Waals surface area contributed by atoms with E-state index >= 15 is 0 Å². The highest BCUT2D eigenvalue weighted by Crippen LogP contribution is 2.33. The maximum atomic E-state index is 12.8. The van der Waals surface area contributed by atoms with Gasteiger partial charge in [0.15, 0.2) is 0 Å². The Balaban J connectivity index is 1.65. The summed E-state index contributed by atoms with van der Waals surface area (Å²) in [5.41, 5.74) is -0.907. The van der Waals surface area contributed by atoms with E-state index in [4.69, 9.17) is 0 Å². The second-order valence-electron chi connectivity index (χ2n) is 6.36. The first-order valence-electron chi connectivity index (χ1n) is 7.95. The second kappa shape index (κ2) is 6.18. The van der Waals surface area contributed by atoms with E-state index in [0.717, 1.165) is 18.9 Å². The molecule has 0 spiro atoms. The number of alkyl halides is 3. The van der Waals surface area contributed by atoms with Crippen molar-refractivity contribution in [3.8, 4) is 0 Å². The molecule has 1 aliphatic carbocycles. The van der Waals surface area contributed by atoms with Gasteiger partial charge in [0.05, 0.1) is 5.25 Å². The lowest BCUT2D eigenvalue weighted by molar-refractivity contribution is -0.141. The van der Waals surface area contributed by atoms with Crippen molar-refractivity contribution in [1.82, 2.24) is 9.29 Å². The van der Waals surface area contributed by atoms with Gasteiger partial charge in [-0.05, 0) is 37.8 Å². The van der Waals surface area contributed by atoms with E-state index in [-0.39, 0.29) is 17.1 Å². The van der Waals surface area contributed by atoms with Crippen molar-refractivity contribution in [3.63, 3.8) is 0 Å². The van der Waals surface area contributed by atoms with Crippen LogP contribution in [-0.2, 0) is 16.2 Å². The van der Waals surface area contributed by atoms with Gasteiger partial charge in [0.1, 0.15) is 11.5 Å². The fraction of sp³-hybridized carbons (Fsp3) is 0.667. The number of anilines is 1. The van der Waals surface area contributed by atoms with Crippen molar-refractivity contribution in [1.29, 1.82) is 0 Å². The number of piperidine rings is 1. The number of hydrogen-bond donors (Lipinski definition) is 0. The Bertz CT molecular complexity index is 696. The van der Waals surface area contributed by atoms with Crippen LogP contribution < -0.4 is 4.90 Å². The largest absolute Gasteiger partial charge is 0.433 e. The molecule has 0 N–H and O–H groups in total. The molecule has 2 aliphatic rings. The molecule has 9 heteroatoms. The molecule has 1 aromatic heterocycles. The maximum Gasteiger partial charge on any atom is 0.433 e. The first-order chi connectivity index (χ1) is 11.2. The zero-order valence-electron chi connectivity index (χ0n) is 13.3. The molecule has 0 bridgehead atoms. The van der Waals surface area contributed by atoms with Gasteiger partial charge in [-0.1, -0.05) is 6.07 Å². The van der Waals surface area contributed by atoms with Crippen molar-refractivity contribution in [3.05, 3.63) is 23.9 Å². The Morgan fingerprint density at radius 2 is 1.79 bits per heavy atom. The summed E-state index contributed by atoms with van der Waals surface area (Å²) >= 11 is 0. The minimum atomic E-state index is -4.47. The Morgan fingerprint density at radius 1 is 1.17 bits per heavy atom. The van der Waals surface area contributed by atoms with Gasteiger partial charge in [-0.15, -0.1) is 0 Å². The van der Waals surface area contributed by atoms with Gasteiger partial charge < -0.3 is 4.90 Å². The Labute approximate surface area is 139 Å². The molecule has 0 amide bonds. The zero-order valence-corrected chi connectivity index (χ0v) is 14.1. The number of nitrogens with zero attached hydrogens (tertiary/aromatic N) is 3. The van der Waals surface area contributed by atoms with E-state index in [2.05, 4.69) is 4.98 Å². The monoisotopic (exact) mass is 363 g/mol. The average molecular weight is 363 g/mol. The molecule has 5 nitrogen and oxygen atoms in total. The molecular weight excluding hydrogens is 343 g/mol. The van der Waals surface area contributed by atoms with Crippen molar-refractivity contribution >= 4 is 15.8 Å². The molecule has 2 fully saturated rings. The van der Waals surface area contributed by atoms with E-state index < -0.39 is 21.9 Å². The lowest BCUT2D eigenvalue weighted by Gasteiger charge is -2.36. The molecule has 1 saturated carbocycles. The third-order valence-corrected chi connectivity index (χ3v) is 7.09. The minimum absolute atomic E-state index is 0.0994. The molecule has 3 rings (SSSR count). The van der Waals surface area contributed by atoms with Crippen LogP contribution in [-0.4, -0.2) is 49.1 Å². The van der Waals surface area contributed by atoms with Crippen molar-refractivity contribution in [2.75, 3.05) is 25.0 Å². The van der Waals surface area contributed by atoms with Crippen molar-refractivity contribution < 1.29 is 21.6 Å². The normalized spacial score (nSPS) is 20.6. The summed E-state index contributed by atoms with van der Waals surface area (Å²) in [5, 5.41) is -0.245. The highest BCUT2D eigenvalue weighted by atomic mass is 32.2. The number of rotatable bonds is 4. The van der Waals surface area contributed by atoms with Gasteiger partial charge in [0.25, 0.3) is 0 Å². The summed E-state index contributed by atoms with van der Waals surface area (Å²) in [5.74, 6) is 0.288. The minimum Gasteiger partial charge on any atom is -0.356 e. The number of sulfonamides is 1. The lowest BCUT2D eigenvalue weighted by atomic mass is 10.1. The van der Waals surface area contributed by atoms with Crippen LogP contribution in [0.4, 0.5) is 19.0 Å². The van der Waals surface area contributed by atoms with Crippen LogP contribution in [0.5, 0.6) is 0 Å². The van der Waals surface area contributed by atoms with Crippen LogP contribution in [0.15, 0.2) is 18.2 Å². The lowest BCUT2D eigenvalue weighted by Crippen LogP contribution is -2.46. The van der Waals surface area contributed by atoms with E-state index in [1.165, 1.54) is 10.4 Å². The Hall–Kier alpha value is -1.35. The molecule has 1 saturated heterocycles. The fourth-order valence-electron chi connectivity index (χ4n) is 3.02. The topological polar surface area (TPSA) is 53.5 Å². The number of halogens is 3. The standard InChI is InChI=1S/C15H20F3N3O2S/c1-20(24(22,23)12-5-6-12)11-7-9-21(10-8-11)14-4-2-3-13(19-14)15(16,17)18/h2-4,11-12H,5-10H2,1H3. The van der Waals surface area contributed by atoms with Gasteiger partial charge in [0, 0.05) is 26.2 Å². The molecule has 1 aromatic rings. The number of hydrogen-bond acceptors (Lipinski definition) is 4. The average Bonchev–Trinajstić information content (AvgIpc) is 3.39. The molecule has 0 radical (unpaired) electrons. The van der Waals surface area contributed by atoms with Crippen molar-refractivity contribution in [2.24, 2.45) is 0 Å². The Morgan fingerprint density at radius 3 is 2.33 bits per heavy atom. The molecule has 134 valence electrons. The summed E-state index contributed by atoms with van der Waals surface area (Å²) < 4.78 is 64.3. The maximum absolute atomic E-state index is 12.8. The summed E-state index contributed by atoms with van der Waals surface area (Å²) in [4.78, 5) is 5.47. The van der Waals surface area contributed by atoms with Crippen LogP contribution in [0.3, 0.4) is 0 Å². The first kappa shape index (κ1) is 17.5. The van der Waals surface area contributed by atoms with Gasteiger partial charge in [-0.2, -0.15) is 13.2 Å². The molecule has 1 aliphatic heterocycles. The smallest absolute Gasteiger partial charge is 0.356 e. The summed E-state index contributed by atoms with van der Waals surface area (Å²) in [6.45, 7) is 0.979. The molecule has 24 heavy (non-hydrogen) atoms. The third-order valence-electron chi connectivity index (χ3n) is 4.67. The summed E-state index contributed by atoms with van der Waals surface area (Å²) in [6, 6.07) is 3.76.